The number of nitrogens with one attached hydrogen (secondary N) is 2. The average molecular weight is 554 g/mol. The zero-order valence-electron chi connectivity index (χ0n) is 23.3. The highest BCUT2D eigenvalue weighted by molar-refractivity contribution is 7.80. The standard InChI is InChI=1S/C30H43N5OS2/c1-5-34(19-7-21-36)29(37)31-26-13-9-24(10-14-26)22-25-11-15-27(16-12-25)32-30(38)35(6-2)20-18-28-17-8-23(3)33(28)4/h9-16,21,23,28H,5-8,17-20,22H2,1-4H3,(H,31,37)(H,32,38). The quantitative estimate of drug-likeness (QED) is 0.254. The molecule has 6 nitrogen and oxygen atoms in total. The van der Waals surface area contributed by atoms with Crippen LogP contribution in [0.5, 0.6) is 0 Å². The molecule has 1 heterocycles. The van der Waals surface area contributed by atoms with E-state index in [-0.39, 0.29) is 0 Å². The van der Waals surface area contributed by atoms with Crippen molar-refractivity contribution < 1.29 is 4.79 Å². The van der Waals surface area contributed by atoms with Crippen molar-refractivity contribution in [3.63, 3.8) is 0 Å². The van der Waals surface area contributed by atoms with Gasteiger partial charge in [-0.2, -0.15) is 0 Å². The van der Waals surface area contributed by atoms with Gasteiger partial charge >= 0.3 is 0 Å². The molecule has 0 spiro atoms. The van der Waals surface area contributed by atoms with E-state index in [1.54, 1.807) is 0 Å². The number of hydrogen-bond donors (Lipinski definition) is 2. The Morgan fingerprint density at radius 1 is 0.895 bits per heavy atom. The lowest BCUT2D eigenvalue weighted by molar-refractivity contribution is -0.108. The Morgan fingerprint density at radius 3 is 1.82 bits per heavy atom. The predicted molar refractivity (Wildman–Crippen MR) is 168 cm³/mol. The third-order valence-electron chi connectivity index (χ3n) is 7.59. The van der Waals surface area contributed by atoms with Gasteiger partial charge in [-0.05, 0) is 113 Å². The van der Waals surface area contributed by atoms with Gasteiger partial charge in [-0.25, -0.2) is 0 Å². The smallest absolute Gasteiger partial charge is 0.173 e. The molecule has 0 bridgehead atoms. The van der Waals surface area contributed by atoms with Gasteiger partial charge in [0, 0.05) is 56.1 Å². The molecule has 1 fully saturated rings. The molecule has 1 aliphatic heterocycles. The van der Waals surface area contributed by atoms with Gasteiger partial charge in [0.1, 0.15) is 6.29 Å². The summed E-state index contributed by atoms with van der Waals surface area (Å²) < 4.78 is 0. The molecular weight excluding hydrogens is 510 g/mol. The van der Waals surface area contributed by atoms with Crippen molar-refractivity contribution >= 4 is 52.3 Å². The van der Waals surface area contributed by atoms with E-state index in [1.807, 2.05) is 24.0 Å². The lowest BCUT2D eigenvalue weighted by atomic mass is 10.0. The Kier molecular flexibility index (Phi) is 12.0. The summed E-state index contributed by atoms with van der Waals surface area (Å²) in [7, 11) is 2.25. The summed E-state index contributed by atoms with van der Waals surface area (Å²) in [6, 6.07) is 18.2. The number of aldehydes is 1. The molecule has 38 heavy (non-hydrogen) atoms. The van der Waals surface area contributed by atoms with Crippen molar-refractivity contribution in [2.75, 3.05) is 43.9 Å². The summed E-state index contributed by atoms with van der Waals surface area (Å²) >= 11 is 11.2. The molecule has 0 aromatic heterocycles. The third kappa shape index (κ3) is 8.75. The van der Waals surface area contributed by atoms with Crippen LogP contribution in [0.3, 0.4) is 0 Å². The van der Waals surface area contributed by atoms with E-state index in [9.17, 15) is 4.79 Å². The molecule has 0 saturated carbocycles. The van der Waals surface area contributed by atoms with Crippen LogP contribution in [0.2, 0.25) is 0 Å². The number of carbonyl (C=O) groups is 1. The largest absolute Gasteiger partial charge is 0.349 e. The summed E-state index contributed by atoms with van der Waals surface area (Å²) in [5.74, 6) is 0. The van der Waals surface area contributed by atoms with Crippen LogP contribution in [0.1, 0.15) is 57.6 Å². The lowest BCUT2D eigenvalue weighted by Gasteiger charge is -2.28. The Bertz CT molecular complexity index is 1040. The summed E-state index contributed by atoms with van der Waals surface area (Å²) in [5, 5.41) is 8.15. The summed E-state index contributed by atoms with van der Waals surface area (Å²) in [4.78, 5) is 17.5. The molecule has 0 amide bonds. The van der Waals surface area contributed by atoms with Crippen molar-refractivity contribution in [2.24, 2.45) is 0 Å². The first kappa shape index (κ1) is 30.0. The Labute approximate surface area is 239 Å². The second-order valence-corrected chi connectivity index (χ2v) is 10.9. The maximum Gasteiger partial charge on any atom is 0.173 e. The van der Waals surface area contributed by atoms with E-state index >= 15 is 0 Å². The van der Waals surface area contributed by atoms with Crippen molar-refractivity contribution in [3.05, 3.63) is 59.7 Å². The maximum absolute atomic E-state index is 10.7. The van der Waals surface area contributed by atoms with Crippen molar-refractivity contribution in [3.8, 4) is 0 Å². The molecule has 2 aromatic carbocycles. The SMILES string of the molecule is CCN(CCC=O)C(=S)Nc1ccc(Cc2ccc(NC(=S)N(CC)CCC3CCC(C)N3C)cc2)cc1. The first-order valence-corrected chi connectivity index (χ1v) is 14.6. The second kappa shape index (κ2) is 15.1. The van der Waals surface area contributed by atoms with Crippen molar-refractivity contribution in [2.45, 2.75) is 65.0 Å². The first-order valence-electron chi connectivity index (χ1n) is 13.8. The number of thiocarbonyl (C=S) groups is 2. The van der Waals surface area contributed by atoms with E-state index in [0.717, 1.165) is 55.2 Å². The summed E-state index contributed by atoms with van der Waals surface area (Å²) in [6.45, 7) is 9.80. The Hall–Kier alpha value is -2.55. The zero-order chi connectivity index (χ0) is 27.5. The molecule has 2 atom stereocenters. The fourth-order valence-electron chi connectivity index (χ4n) is 4.92. The highest BCUT2D eigenvalue weighted by atomic mass is 32.1. The van der Waals surface area contributed by atoms with Gasteiger partial charge in [0.25, 0.3) is 0 Å². The lowest BCUT2D eigenvalue weighted by Crippen LogP contribution is -2.39. The van der Waals surface area contributed by atoms with Crippen LogP contribution in [0.4, 0.5) is 11.4 Å². The van der Waals surface area contributed by atoms with Gasteiger partial charge in [0.2, 0.25) is 0 Å². The van der Waals surface area contributed by atoms with Crippen LogP contribution in [0, 0.1) is 0 Å². The number of benzene rings is 2. The number of rotatable bonds is 12. The molecule has 2 N–H and O–H groups in total. The minimum absolute atomic E-state index is 0.475. The van der Waals surface area contributed by atoms with Crippen molar-refractivity contribution in [1.82, 2.24) is 14.7 Å². The van der Waals surface area contributed by atoms with E-state index in [4.69, 9.17) is 24.4 Å². The van der Waals surface area contributed by atoms with Gasteiger partial charge in [0.15, 0.2) is 10.2 Å². The third-order valence-corrected chi connectivity index (χ3v) is 8.32. The topological polar surface area (TPSA) is 50.9 Å². The Morgan fingerprint density at radius 2 is 1.39 bits per heavy atom. The molecule has 2 unspecified atom stereocenters. The normalized spacial score (nSPS) is 17.2. The maximum atomic E-state index is 10.7. The molecule has 1 saturated heterocycles. The number of anilines is 2. The van der Waals surface area contributed by atoms with Gasteiger partial charge in [-0.15, -0.1) is 0 Å². The molecule has 0 radical (unpaired) electrons. The molecule has 3 rings (SSSR count). The first-order chi connectivity index (χ1) is 18.3. The fraction of sp³-hybridized carbons (Fsp3) is 0.500. The average Bonchev–Trinajstić information content (AvgIpc) is 3.24. The highest BCUT2D eigenvalue weighted by Crippen LogP contribution is 2.24. The second-order valence-electron chi connectivity index (χ2n) is 10.1. The number of likely N-dealkylation sites (tertiary alicyclic amines) is 1. The van der Waals surface area contributed by atoms with E-state index in [2.05, 4.69) is 77.7 Å². The van der Waals surface area contributed by atoms with E-state index in [0.29, 0.717) is 30.2 Å². The summed E-state index contributed by atoms with van der Waals surface area (Å²) in [6.07, 6.45) is 5.97. The van der Waals surface area contributed by atoms with Crippen molar-refractivity contribution in [1.29, 1.82) is 0 Å². The van der Waals surface area contributed by atoms with Gasteiger partial charge < -0.3 is 30.1 Å². The van der Waals surface area contributed by atoms with Crippen LogP contribution in [-0.2, 0) is 11.2 Å². The molecule has 0 aliphatic carbocycles. The fourth-order valence-corrected chi connectivity index (χ4v) is 5.60. The zero-order valence-corrected chi connectivity index (χ0v) is 24.9. The molecular formula is C30H43N5OS2. The minimum Gasteiger partial charge on any atom is -0.349 e. The molecule has 2 aromatic rings. The Balaban J connectivity index is 1.48. The van der Waals surface area contributed by atoms with E-state index in [1.165, 1.54) is 24.0 Å². The molecule has 1 aliphatic rings. The monoisotopic (exact) mass is 553 g/mol. The van der Waals surface area contributed by atoms with E-state index < -0.39 is 0 Å². The number of hydrogen-bond acceptors (Lipinski definition) is 4. The molecule has 8 heteroatoms. The minimum atomic E-state index is 0.475. The van der Waals surface area contributed by atoms with Crippen LogP contribution in [0.25, 0.3) is 0 Å². The van der Waals surface area contributed by atoms with Crippen LogP contribution in [-0.4, -0.2) is 76.5 Å². The summed E-state index contributed by atoms with van der Waals surface area (Å²) in [5.41, 5.74) is 4.45. The number of nitrogens with zero attached hydrogens (tertiary/aromatic N) is 3. The van der Waals surface area contributed by atoms with Gasteiger partial charge in [-0.3, -0.25) is 0 Å². The number of carbonyl (C=O) groups excluding carboxylic acids is 1. The predicted octanol–water partition coefficient (Wildman–Crippen LogP) is 5.78. The van der Waals surface area contributed by atoms with Crippen LogP contribution < -0.4 is 10.6 Å². The van der Waals surface area contributed by atoms with Gasteiger partial charge in [-0.1, -0.05) is 24.3 Å². The highest BCUT2D eigenvalue weighted by Gasteiger charge is 2.27. The van der Waals surface area contributed by atoms with Crippen LogP contribution >= 0.6 is 24.4 Å². The van der Waals surface area contributed by atoms with Crippen LogP contribution in [0.15, 0.2) is 48.5 Å². The van der Waals surface area contributed by atoms with Gasteiger partial charge in [0.05, 0.1) is 0 Å². The molecule has 206 valence electrons.